The molecule has 0 atom stereocenters. The van der Waals surface area contributed by atoms with Crippen LogP contribution in [0, 0.1) is 6.92 Å². The minimum Gasteiger partial charge on any atom is -0.542 e. The Bertz CT molecular complexity index is 521. The maximum atomic E-state index is 11.3. The molecule has 5 heteroatoms. The molecule has 112 valence electrons. The fourth-order valence-electron chi connectivity index (χ4n) is 1.45. The van der Waals surface area contributed by atoms with Crippen LogP contribution in [0.5, 0.6) is 5.75 Å². The molecule has 0 radical (unpaired) electrons. The van der Waals surface area contributed by atoms with E-state index in [4.69, 9.17) is 16.0 Å². The summed E-state index contributed by atoms with van der Waals surface area (Å²) >= 11 is 6.13. The van der Waals surface area contributed by atoms with Gasteiger partial charge in [-0.15, -0.1) is 0 Å². The summed E-state index contributed by atoms with van der Waals surface area (Å²) in [6, 6.07) is 3.65. The van der Waals surface area contributed by atoms with E-state index in [1.54, 1.807) is 6.07 Å². The minimum atomic E-state index is -1.96. The molecular weight excluding hydrogens is 290 g/mol. The highest BCUT2D eigenvalue weighted by Gasteiger charge is 2.39. The summed E-state index contributed by atoms with van der Waals surface area (Å²) in [5.74, 6) is 0.568. The van der Waals surface area contributed by atoms with Crippen LogP contribution in [0.2, 0.25) is 23.2 Å². The van der Waals surface area contributed by atoms with Crippen molar-refractivity contribution in [2.75, 3.05) is 5.32 Å². The van der Waals surface area contributed by atoms with E-state index in [0.717, 1.165) is 5.56 Å². The average molecular weight is 314 g/mol. The Labute approximate surface area is 127 Å². The summed E-state index contributed by atoms with van der Waals surface area (Å²) in [5.41, 5.74) is 1.58. The SMILES string of the molecule is CC(=O)Nc1cc(Cl)c(C)cc1O[Si](C)(C)C(C)(C)C. The van der Waals surface area contributed by atoms with Crippen molar-refractivity contribution in [1.82, 2.24) is 0 Å². The number of rotatable bonds is 3. The quantitative estimate of drug-likeness (QED) is 0.798. The van der Waals surface area contributed by atoms with Crippen molar-refractivity contribution in [3.05, 3.63) is 22.7 Å². The van der Waals surface area contributed by atoms with Crippen LogP contribution in [0.3, 0.4) is 0 Å². The molecular formula is C15H24ClNO2Si. The molecule has 0 aliphatic rings. The molecule has 0 aliphatic carbocycles. The molecule has 0 saturated heterocycles. The molecule has 1 rings (SSSR count). The van der Waals surface area contributed by atoms with Gasteiger partial charge in [-0.1, -0.05) is 32.4 Å². The summed E-state index contributed by atoms with van der Waals surface area (Å²) in [7, 11) is -1.96. The summed E-state index contributed by atoms with van der Waals surface area (Å²) < 4.78 is 6.30. The molecule has 0 aliphatic heterocycles. The Balaban J connectivity index is 3.23. The fourth-order valence-corrected chi connectivity index (χ4v) is 2.64. The van der Waals surface area contributed by atoms with Gasteiger partial charge in [-0.25, -0.2) is 0 Å². The second-order valence-electron chi connectivity index (χ2n) is 6.64. The van der Waals surface area contributed by atoms with Crippen LogP contribution < -0.4 is 9.74 Å². The largest absolute Gasteiger partial charge is 0.542 e. The average Bonchev–Trinajstić information content (AvgIpc) is 2.22. The highest BCUT2D eigenvalue weighted by Crippen LogP contribution is 2.40. The molecule has 0 unspecified atom stereocenters. The van der Waals surface area contributed by atoms with Gasteiger partial charge in [0.25, 0.3) is 8.32 Å². The number of hydrogen-bond donors (Lipinski definition) is 1. The number of carbonyl (C=O) groups is 1. The van der Waals surface area contributed by atoms with E-state index in [-0.39, 0.29) is 10.9 Å². The Hall–Kier alpha value is -1.00. The zero-order valence-corrected chi connectivity index (χ0v) is 15.1. The molecule has 0 aromatic heterocycles. The smallest absolute Gasteiger partial charge is 0.250 e. The second kappa shape index (κ2) is 5.78. The summed E-state index contributed by atoms with van der Waals surface area (Å²) in [6.45, 7) is 14.3. The zero-order chi connectivity index (χ0) is 15.7. The summed E-state index contributed by atoms with van der Waals surface area (Å²) in [6.07, 6.45) is 0. The number of benzene rings is 1. The van der Waals surface area contributed by atoms with Crippen LogP contribution in [0.1, 0.15) is 33.3 Å². The van der Waals surface area contributed by atoms with Gasteiger partial charge in [0.15, 0.2) is 0 Å². The van der Waals surface area contributed by atoms with Crippen molar-refractivity contribution in [2.45, 2.75) is 52.8 Å². The lowest BCUT2D eigenvalue weighted by Crippen LogP contribution is -2.44. The van der Waals surface area contributed by atoms with Crippen LogP contribution in [0.15, 0.2) is 12.1 Å². The first kappa shape index (κ1) is 17.0. The molecule has 0 saturated carbocycles. The van der Waals surface area contributed by atoms with Crippen LogP contribution in [0.25, 0.3) is 0 Å². The molecule has 1 aromatic rings. The van der Waals surface area contributed by atoms with Gasteiger partial charge in [0.1, 0.15) is 5.75 Å². The van der Waals surface area contributed by atoms with E-state index in [0.29, 0.717) is 16.5 Å². The normalized spacial score (nSPS) is 12.2. The Morgan fingerprint density at radius 2 is 1.85 bits per heavy atom. The van der Waals surface area contributed by atoms with Gasteiger partial charge in [-0.3, -0.25) is 4.79 Å². The van der Waals surface area contributed by atoms with Gasteiger partial charge in [-0.2, -0.15) is 0 Å². The maximum Gasteiger partial charge on any atom is 0.250 e. The van der Waals surface area contributed by atoms with Crippen molar-refractivity contribution >= 4 is 31.5 Å². The van der Waals surface area contributed by atoms with Crippen LogP contribution in [-0.4, -0.2) is 14.2 Å². The van der Waals surface area contributed by atoms with Gasteiger partial charge in [0.2, 0.25) is 5.91 Å². The first-order chi connectivity index (χ1) is 8.94. The number of amides is 1. The number of halogens is 1. The standard InChI is InChI=1S/C15H24ClNO2Si/c1-10-8-14(19-20(6,7)15(3,4)5)13(9-12(10)16)17-11(2)18/h8-9H,1-7H3,(H,17,18). The van der Waals surface area contributed by atoms with E-state index < -0.39 is 8.32 Å². The Kier molecular flexibility index (Phi) is 4.93. The molecule has 1 N–H and O–H groups in total. The summed E-state index contributed by atoms with van der Waals surface area (Å²) in [5, 5.41) is 3.50. The van der Waals surface area contributed by atoms with E-state index >= 15 is 0 Å². The number of aryl methyl sites for hydroxylation is 1. The highest BCUT2D eigenvalue weighted by molar-refractivity contribution is 6.74. The van der Waals surface area contributed by atoms with Crippen molar-refractivity contribution < 1.29 is 9.22 Å². The van der Waals surface area contributed by atoms with Gasteiger partial charge < -0.3 is 9.74 Å². The summed E-state index contributed by atoms with van der Waals surface area (Å²) in [4.78, 5) is 11.3. The minimum absolute atomic E-state index is 0.0913. The van der Waals surface area contributed by atoms with Crippen molar-refractivity contribution in [2.24, 2.45) is 0 Å². The van der Waals surface area contributed by atoms with Gasteiger partial charge in [0, 0.05) is 11.9 Å². The molecule has 0 heterocycles. The first-order valence-electron chi connectivity index (χ1n) is 6.71. The lowest BCUT2D eigenvalue weighted by Gasteiger charge is -2.37. The molecule has 0 bridgehead atoms. The molecule has 0 fully saturated rings. The second-order valence-corrected chi connectivity index (χ2v) is 11.8. The van der Waals surface area contributed by atoms with Crippen molar-refractivity contribution in [1.29, 1.82) is 0 Å². The van der Waals surface area contributed by atoms with Crippen LogP contribution >= 0.6 is 11.6 Å². The maximum absolute atomic E-state index is 11.3. The van der Waals surface area contributed by atoms with Crippen LogP contribution in [-0.2, 0) is 4.79 Å². The highest BCUT2D eigenvalue weighted by atomic mass is 35.5. The third-order valence-corrected chi connectivity index (χ3v) is 8.49. The monoisotopic (exact) mass is 313 g/mol. The predicted octanol–water partition coefficient (Wildman–Crippen LogP) is 4.99. The van der Waals surface area contributed by atoms with Crippen molar-refractivity contribution in [3.63, 3.8) is 0 Å². The van der Waals surface area contributed by atoms with Gasteiger partial charge >= 0.3 is 0 Å². The van der Waals surface area contributed by atoms with E-state index in [9.17, 15) is 4.79 Å². The number of anilines is 1. The molecule has 3 nitrogen and oxygen atoms in total. The van der Waals surface area contributed by atoms with E-state index in [1.807, 2.05) is 13.0 Å². The lowest BCUT2D eigenvalue weighted by atomic mass is 10.2. The first-order valence-corrected chi connectivity index (χ1v) is 9.99. The van der Waals surface area contributed by atoms with Crippen molar-refractivity contribution in [3.8, 4) is 5.75 Å². The Morgan fingerprint density at radius 3 is 2.30 bits per heavy atom. The van der Waals surface area contributed by atoms with Gasteiger partial charge in [0.05, 0.1) is 5.69 Å². The number of carbonyl (C=O) groups excluding carboxylic acids is 1. The lowest BCUT2D eigenvalue weighted by molar-refractivity contribution is -0.114. The van der Waals surface area contributed by atoms with Gasteiger partial charge in [-0.05, 0) is 42.8 Å². The number of hydrogen-bond acceptors (Lipinski definition) is 2. The van der Waals surface area contributed by atoms with E-state index in [2.05, 4.69) is 39.2 Å². The topological polar surface area (TPSA) is 38.3 Å². The van der Waals surface area contributed by atoms with Crippen LogP contribution in [0.4, 0.5) is 5.69 Å². The third kappa shape index (κ3) is 3.99. The molecule has 20 heavy (non-hydrogen) atoms. The predicted molar refractivity (Wildman–Crippen MR) is 88.3 cm³/mol. The Morgan fingerprint density at radius 1 is 1.30 bits per heavy atom. The zero-order valence-electron chi connectivity index (χ0n) is 13.3. The number of nitrogens with one attached hydrogen (secondary N) is 1. The third-order valence-electron chi connectivity index (χ3n) is 3.74. The molecule has 0 spiro atoms. The molecule has 1 aromatic carbocycles. The van der Waals surface area contributed by atoms with E-state index in [1.165, 1.54) is 6.92 Å². The fraction of sp³-hybridized carbons (Fsp3) is 0.533. The molecule has 1 amide bonds.